The second-order valence-corrected chi connectivity index (χ2v) is 8.05. The Bertz CT molecular complexity index is 727. The molecule has 1 aliphatic rings. The van der Waals surface area contributed by atoms with E-state index in [-0.39, 0.29) is 11.5 Å². The molecule has 1 aromatic carbocycles. The fraction of sp³-hybridized carbons (Fsp3) is 0.412. The van der Waals surface area contributed by atoms with Crippen molar-refractivity contribution < 1.29 is 13.6 Å². The number of thioether (sulfide) groups is 1. The third-order valence-corrected chi connectivity index (χ3v) is 6.47. The number of hydrogen-bond acceptors (Lipinski definition) is 4. The van der Waals surface area contributed by atoms with Crippen molar-refractivity contribution in [1.29, 1.82) is 0 Å². The SMILES string of the molecule is Cc1csc(SCC2CCN(C(=O)c3ccc(F)cc3F)CC2)n1. The molecule has 2 aromatic rings. The van der Waals surface area contributed by atoms with Crippen LogP contribution in [0.2, 0.25) is 0 Å². The molecule has 1 aromatic heterocycles. The number of thiazole rings is 1. The Morgan fingerprint density at radius 1 is 1.38 bits per heavy atom. The summed E-state index contributed by atoms with van der Waals surface area (Å²) in [6.07, 6.45) is 1.79. The minimum atomic E-state index is -0.795. The largest absolute Gasteiger partial charge is 0.339 e. The molecule has 0 radical (unpaired) electrons. The van der Waals surface area contributed by atoms with Gasteiger partial charge in [0.05, 0.1) is 5.56 Å². The molecule has 1 aliphatic heterocycles. The summed E-state index contributed by atoms with van der Waals surface area (Å²) in [6.45, 7) is 3.20. The first-order chi connectivity index (χ1) is 11.5. The lowest BCUT2D eigenvalue weighted by Gasteiger charge is -2.31. The molecular weight excluding hydrogens is 350 g/mol. The lowest BCUT2D eigenvalue weighted by Crippen LogP contribution is -2.39. The summed E-state index contributed by atoms with van der Waals surface area (Å²) in [5.41, 5.74) is 0.992. The minimum absolute atomic E-state index is 0.0533. The van der Waals surface area contributed by atoms with Gasteiger partial charge in [0.25, 0.3) is 5.91 Å². The predicted molar refractivity (Wildman–Crippen MR) is 92.6 cm³/mol. The van der Waals surface area contributed by atoms with Crippen molar-refractivity contribution in [2.45, 2.75) is 24.1 Å². The van der Waals surface area contributed by atoms with Gasteiger partial charge in [-0.3, -0.25) is 4.79 Å². The quantitative estimate of drug-likeness (QED) is 0.751. The molecule has 3 rings (SSSR count). The number of piperidine rings is 1. The third kappa shape index (κ3) is 4.13. The normalized spacial score (nSPS) is 15.7. The van der Waals surface area contributed by atoms with Gasteiger partial charge in [0.15, 0.2) is 0 Å². The van der Waals surface area contributed by atoms with Gasteiger partial charge in [-0.15, -0.1) is 11.3 Å². The number of amides is 1. The van der Waals surface area contributed by atoms with Crippen molar-refractivity contribution in [1.82, 2.24) is 9.88 Å². The minimum Gasteiger partial charge on any atom is -0.339 e. The van der Waals surface area contributed by atoms with E-state index in [0.29, 0.717) is 19.0 Å². The van der Waals surface area contributed by atoms with Crippen LogP contribution in [0.3, 0.4) is 0 Å². The van der Waals surface area contributed by atoms with Crippen LogP contribution >= 0.6 is 23.1 Å². The molecule has 128 valence electrons. The van der Waals surface area contributed by atoms with E-state index in [1.165, 1.54) is 6.07 Å². The highest BCUT2D eigenvalue weighted by Gasteiger charge is 2.25. The average molecular weight is 368 g/mol. The average Bonchev–Trinajstić information content (AvgIpc) is 2.98. The second-order valence-electron chi connectivity index (χ2n) is 5.93. The number of rotatable bonds is 4. The van der Waals surface area contributed by atoms with E-state index in [0.717, 1.165) is 40.8 Å². The van der Waals surface area contributed by atoms with Crippen LogP contribution in [0.25, 0.3) is 0 Å². The van der Waals surface area contributed by atoms with Gasteiger partial charge in [-0.1, -0.05) is 11.8 Å². The molecule has 24 heavy (non-hydrogen) atoms. The summed E-state index contributed by atoms with van der Waals surface area (Å²) in [4.78, 5) is 18.5. The van der Waals surface area contributed by atoms with Crippen molar-refractivity contribution in [2.24, 2.45) is 5.92 Å². The van der Waals surface area contributed by atoms with Crippen molar-refractivity contribution in [3.8, 4) is 0 Å². The monoisotopic (exact) mass is 368 g/mol. The molecule has 0 unspecified atom stereocenters. The number of aromatic nitrogens is 1. The Balaban J connectivity index is 1.52. The van der Waals surface area contributed by atoms with Gasteiger partial charge < -0.3 is 4.90 Å². The molecule has 3 nitrogen and oxygen atoms in total. The van der Waals surface area contributed by atoms with Crippen LogP contribution in [0.15, 0.2) is 27.9 Å². The number of benzene rings is 1. The van der Waals surface area contributed by atoms with Crippen LogP contribution in [0.1, 0.15) is 28.9 Å². The Morgan fingerprint density at radius 2 is 2.12 bits per heavy atom. The van der Waals surface area contributed by atoms with E-state index in [1.54, 1.807) is 28.0 Å². The standard InChI is InChI=1S/C17H18F2N2OS2/c1-11-9-23-17(20-11)24-10-12-4-6-21(7-5-12)16(22)14-3-2-13(18)8-15(14)19/h2-3,8-9,12H,4-7,10H2,1H3. The Kier molecular flexibility index (Phi) is 5.50. The number of carbonyl (C=O) groups is 1. The molecule has 0 saturated carbocycles. The molecule has 7 heteroatoms. The fourth-order valence-electron chi connectivity index (χ4n) is 2.72. The van der Waals surface area contributed by atoms with Crippen LogP contribution in [0.4, 0.5) is 8.78 Å². The maximum absolute atomic E-state index is 13.7. The van der Waals surface area contributed by atoms with Crippen LogP contribution in [0.5, 0.6) is 0 Å². The number of carbonyl (C=O) groups excluding carboxylic acids is 1. The molecule has 0 aliphatic carbocycles. The zero-order chi connectivity index (χ0) is 17.1. The lowest BCUT2D eigenvalue weighted by atomic mass is 9.98. The number of aryl methyl sites for hydroxylation is 1. The number of hydrogen-bond donors (Lipinski definition) is 0. The Morgan fingerprint density at radius 3 is 2.75 bits per heavy atom. The smallest absolute Gasteiger partial charge is 0.256 e. The van der Waals surface area contributed by atoms with Gasteiger partial charge in [0.1, 0.15) is 16.0 Å². The molecule has 1 fully saturated rings. The summed E-state index contributed by atoms with van der Waals surface area (Å²) < 4.78 is 27.8. The molecule has 0 bridgehead atoms. The zero-order valence-electron chi connectivity index (χ0n) is 13.3. The third-order valence-electron chi connectivity index (χ3n) is 4.10. The van der Waals surface area contributed by atoms with Gasteiger partial charge in [0, 0.05) is 36.0 Å². The highest BCUT2D eigenvalue weighted by Crippen LogP contribution is 2.29. The highest BCUT2D eigenvalue weighted by molar-refractivity contribution is 8.01. The van der Waals surface area contributed by atoms with Gasteiger partial charge in [-0.25, -0.2) is 13.8 Å². The molecular formula is C17H18F2N2OS2. The van der Waals surface area contributed by atoms with E-state index < -0.39 is 11.6 Å². The number of nitrogens with zero attached hydrogens (tertiary/aromatic N) is 2. The molecule has 1 saturated heterocycles. The molecule has 0 N–H and O–H groups in total. The highest BCUT2D eigenvalue weighted by atomic mass is 32.2. The Labute approximate surface area is 148 Å². The van der Waals surface area contributed by atoms with Gasteiger partial charge >= 0.3 is 0 Å². The maximum Gasteiger partial charge on any atom is 0.256 e. The van der Waals surface area contributed by atoms with Crippen molar-refractivity contribution in [2.75, 3.05) is 18.8 Å². The maximum atomic E-state index is 13.7. The van der Waals surface area contributed by atoms with Crippen molar-refractivity contribution in [3.63, 3.8) is 0 Å². The molecule has 0 spiro atoms. The van der Waals surface area contributed by atoms with Gasteiger partial charge in [-0.05, 0) is 37.8 Å². The summed E-state index contributed by atoms with van der Waals surface area (Å²) >= 11 is 3.42. The first kappa shape index (κ1) is 17.4. The predicted octanol–water partition coefficient (Wildman–Crippen LogP) is 4.37. The van der Waals surface area contributed by atoms with E-state index in [9.17, 15) is 13.6 Å². The molecule has 0 atom stereocenters. The van der Waals surface area contributed by atoms with Crippen LogP contribution in [-0.4, -0.2) is 34.6 Å². The van der Waals surface area contributed by atoms with E-state index in [2.05, 4.69) is 4.98 Å². The van der Waals surface area contributed by atoms with Crippen molar-refractivity contribution in [3.05, 3.63) is 46.5 Å². The van der Waals surface area contributed by atoms with E-state index in [4.69, 9.17) is 0 Å². The van der Waals surface area contributed by atoms with Gasteiger partial charge in [-0.2, -0.15) is 0 Å². The van der Waals surface area contributed by atoms with Crippen LogP contribution in [0, 0.1) is 24.5 Å². The summed E-state index contributed by atoms with van der Waals surface area (Å²) in [5.74, 6) is -0.301. The van der Waals surface area contributed by atoms with Crippen molar-refractivity contribution >= 4 is 29.0 Å². The zero-order valence-corrected chi connectivity index (χ0v) is 14.9. The lowest BCUT2D eigenvalue weighted by molar-refractivity contribution is 0.0694. The molecule has 1 amide bonds. The van der Waals surface area contributed by atoms with Crippen LogP contribution in [-0.2, 0) is 0 Å². The summed E-state index contributed by atoms with van der Waals surface area (Å²) in [5, 5.41) is 2.04. The molecule has 2 heterocycles. The first-order valence-corrected chi connectivity index (χ1v) is 9.68. The van der Waals surface area contributed by atoms with Crippen LogP contribution < -0.4 is 0 Å². The second kappa shape index (κ2) is 7.61. The topological polar surface area (TPSA) is 33.2 Å². The summed E-state index contributed by atoms with van der Waals surface area (Å²) in [7, 11) is 0. The van der Waals surface area contributed by atoms with E-state index in [1.807, 2.05) is 12.3 Å². The Hall–Kier alpha value is -1.47. The number of likely N-dealkylation sites (tertiary alicyclic amines) is 1. The first-order valence-electron chi connectivity index (χ1n) is 7.82. The fourth-order valence-corrected chi connectivity index (χ4v) is 4.79. The summed E-state index contributed by atoms with van der Waals surface area (Å²) in [6, 6.07) is 3.10. The van der Waals surface area contributed by atoms with E-state index >= 15 is 0 Å². The number of halogens is 2. The van der Waals surface area contributed by atoms with Gasteiger partial charge in [0.2, 0.25) is 0 Å².